The maximum Gasteiger partial charge on any atom is 0.352 e. The number of thiazole rings is 1. The molecule has 2 aromatic carbocycles. The average molecular weight is 561 g/mol. The smallest absolute Gasteiger partial charge is 0.352 e. The molecule has 11 heteroatoms. The number of aryl methyl sites for hydroxylation is 1. The molecule has 3 heterocycles. The molecule has 5 rings (SSSR count). The second kappa shape index (κ2) is 12.4. The summed E-state index contributed by atoms with van der Waals surface area (Å²) in [7, 11) is 0. The van der Waals surface area contributed by atoms with E-state index in [0.29, 0.717) is 46.5 Å². The predicted molar refractivity (Wildman–Crippen MR) is 155 cm³/mol. The normalized spacial score (nSPS) is 14.3. The quantitative estimate of drug-likeness (QED) is 0.186. The number of amides is 2. The second-order valence-electron chi connectivity index (χ2n) is 9.87. The molecule has 40 heavy (non-hydrogen) atoms. The zero-order valence-electron chi connectivity index (χ0n) is 22.0. The van der Waals surface area contributed by atoms with Crippen molar-refractivity contribution in [3.8, 4) is 0 Å². The van der Waals surface area contributed by atoms with Crippen LogP contribution in [0.2, 0.25) is 0 Å². The Hall–Kier alpha value is -4.06. The fourth-order valence-corrected chi connectivity index (χ4v) is 5.78. The van der Waals surface area contributed by atoms with E-state index in [0.717, 1.165) is 38.0 Å². The molecule has 1 unspecified atom stereocenters. The van der Waals surface area contributed by atoms with Crippen LogP contribution in [0.25, 0.3) is 10.9 Å². The van der Waals surface area contributed by atoms with E-state index >= 15 is 0 Å². The summed E-state index contributed by atoms with van der Waals surface area (Å²) in [6.45, 7) is 3.19. The van der Waals surface area contributed by atoms with Gasteiger partial charge in [0.2, 0.25) is 0 Å². The van der Waals surface area contributed by atoms with Crippen LogP contribution in [0.4, 0.5) is 5.13 Å². The summed E-state index contributed by atoms with van der Waals surface area (Å²) in [6.07, 6.45) is 3.43. The minimum absolute atomic E-state index is 0.107. The van der Waals surface area contributed by atoms with E-state index in [9.17, 15) is 19.5 Å². The Kier molecular flexibility index (Phi) is 8.54. The number of benzene rings is 2. The molecule has 2 aromatic heterocycles. The molecule has 1 saturated heterocycles. The number of aromatic amines is 1. The molecule has 1 aliphatic heterocycles. The molecule has 10 nitrogen and oxygen atoms in total. The van der Waals surface area contributed by atoms with Crippen LogP contribution in [-0.4, -0.2) is 63.9 Å². The van der Waals surface area contributed by atoms with Crippen LogP contribution in [0.3, 0.4) is 0 Å². The summed E-state index contributed by atoms with van der Waals surface area (Å²) in [5, 5.41) is 18.1. The lowest BCUT2D eigenvalue weighted by Gasteiger charge is -2.24. The van der Waals surface area contributed by atoms with Crippen molar-refractivity contribution in [2.24, 2.45) is 5.73 Å². The monoisotopic (exact) mass is 560 g/mol. The van der Waals surface area contributed by atoms with Crippen LogP contribution in [0.15, 0.2) is 53.9 Å². The van der Waals surface area contributed by atoms with Crippen LogP contribution >= 0.6 is 11.3 Å². The van der Waals surface area contributed by atoms with Gasteiger partial charge in [0, 0.05) is 28.4 Å². The number of anilines is 1. The van der Waals surface area contributed by atoms with Gasteiger partial charge in [-0.1, -0.05) is 30.3 Å². The number of nitrogens with two attached hydrogens (primary N) is 1. The SMILES string of the molecule is NCCCc1c(C(=O)O)[nH]c2ccc(C(=O)Nc3nc(C(=O)NC(CN4CCCC4)c4ccccc4)cs3)cc12. The number of carbonyl (C=O) groups is 3. The summed E-state index contributed by atoms with van der Waals surface area (Å²) in [5.41, 5.74) is 8.62. The third-order valence-corrected chi connectivity index (χ3v) is 7.87. The Balaban J connectivity index is 1.29. The van der Waals surface area contributed by atoms with Gasteiger partial charge in [0.25, 0.3) is 11.8 Å². The van der Waals surface area contributed by atoms with Crippen LogP contribution in [0, 0.1) is 0 Å². The van der Waals surface area contributed by atoms with Gasteiger partial charge in [-0.05, 0) is 74.6 Å². The Morgan fingerprint density at radius 3 is 2.60 bits per heavy atom. The number of H-pyrrole nitrogens is 1. The van der Waals surface area contributed by atoms with Crippen LogP contribution in [0.5, 0.6) is 0 Å². The number of hydrogen-bond acceptors (Lipinski definition) is 7. The van der Waals surface area contributed by atoms with Crippen molar-refractivity contribution in [1.82, 2.24) is 20.2 Å². The van der Waals surface area contributed by atoms with E-state index in [-0.39, 0.29) is 23.3 Å². The first kappa shape index (κ1) is 27.5. The first-order valence-corrected chi connectivity index (χ1v) is 14.2. The lowest BCUT2D eigenvalue weighted by molar-refractivity contribution is 0.0689. The molecule has 0 saturated carbocycles. The van der Waals surface area contributed by atoms with Crippen molar-refractivity contribution < 1.29 is 19.5 Å². The van der Waals surface area contributed by atoms with Crippen molar-refractivity contribution >= 4 is 45.2 Å². The Morgan fingerprint density at radius 2 is 1.88 bits per heavy atom. The van der Waals surface area contributed by atoms with Crippen molar-refractivity contribution in [1.29, 1.82) is 0 Å². The number of aromatic nitrogens is 2. The molecule has 2 amide bonds. The topological polar surface area (TPSA) is 153 Å². The number of nitrogens with zero attached hydrogens (tertiary/aromatic N) is 2. The minimum Gasteiger partial charge on any atom is -0.477 e. The molecule has 0 bridgehead atoms. The van der Waals surface area contributed by atoms with Crippen LogP contribution < -0.4 is 16.4 Å². The van der Waals surface area contributed by atoms with E-state index in [4.69, 9.17) is 5.73 Å². The number of carboxylic acid groups (broad SMARTS) is 1. The van der Waals surface area contributed by atoms with Crippen molar-refractivity contribution in [3.63, 3.8) is 0 Å². The highest BCUT2D eigenvalue weighted by atomic mass is 32.1. The molecule has 0 aliphatic carbocycles. The van der Waals surface area contributed by atoms with Gasteiger partial charge in [0.1, 0.15) is 11.4 Å². The molecule has 1 atom stereocenters. The highest BCUT2D eigenvalue weighted by Crippen LogP contribution is 2.26. The molecule has 1 aliphatic rings. The fraction of sp³-hybridized carbons (Fsp3) is 0.310. The fourth-order valence-electron chi connectivity index (χ4n) is 5.09. The zero-order chi connectivity index (χ0) is 28.1. The number of aromatic carboxylic acids is 1. The molecule has 6 N–H and O–H groups in total. The van der Waals surface area contributed by atoms with E-state index in [1.54, 1.807) is 23.6 Å². The molecule has 0 radical (unpaired) electrons. The summed E-state index contributed by atoms with van der Waals surface area (Å²) in [5.74, 6) is -1.76. The first-order valence-electron chi connectivity index (χ1n) is 13.4. The Bertz CT molecular complexity index is 1510. The molecule has 4 aromatic rings. The van der Waals surface area contributed by atoms with Gasteiger partial charge in [0.15, 0.2) is 5.13 Å². The van der Waals surface area contributed by atoms with Gasteiger partial charge in [-0.3, -0.25) is 14.9 Å². The summed E-state index contributed by atoms with van der Waals surface area (Å²) in [6, 6.07) is 14.7. The molecular formula is C29H32N6O4S. The van der Waals surface area contributed by atoms with E-state index in [1.807, 2.05) is 30.3 Å². The third-order valence-electron chi connectivity index (χ3n) is 7.12. The molecular weight excluding hydrogens is 528 g/mol. The molecule has 208 valence electrons. The van der Waals surface area contributed by atoms with E-state index in [2.05, 4.69) is 25.5 Å². The van der Waals surface area contributed by atoms with Crippen molar-refractivity contribution in [2.45, 2.75) is 31.7 Å². The maximum atomic E-state index is 13.1. The summed E-state index contributed by atoms with van der Waals surface area (Å²) < 4.78 is 0. The van der Waals surface area contributed by atoms with Crippen LogP contribution in [0.1, 0.15) is 67.8 Å². The van der Waals surface area contributed by atoms with Gasteiger partial charge in [-0.25, -0.2) is 9.78 Å². The van der Waals surface area contributed by atoms with Gasteiger partial charge < -0.3 is 26.0 Å². The molecule has 0 spiro atoms. The largest absolute Gasteiger partial charge is 0.477 e. The number of fused-ring (bicyclic) bond motifs is 1. The maximum absolute atomic E-state index is 13.1. The number of carboxylic acids is 1. The number of hydrogen-bond donors (Lipinski definition) is 5. The number of carbonyl (C=O) groups excluding carboxylic acids is 2. The zero-order valence-corrected chi connectivity index (χ0v) is 22.8. The predicted octanol–water partition coefficient (Wildman–Crippen LogP) is 4.03. The van der Waals surface area contributed by atoms with Crippen molar-refractivity contribution in [2.75, 3.05) is 31.5 Å². The van der Waals surface area contributed by atoms with Gasteiger partial charge in [-0.2, -0.15) is 0 Å². The summed E-state index contributed by atoms with van der Waals surface area (Å²) in [4.78, 5) is 47.6. The Labute approximate surface area is 235 Å². The average Bonchev–Trinajstić information content (AvgIpc) is 3.72. The highest BCUT2D eigenvalue weighted by molar-refractivity contribution is 7.14. The van der Waals surface area contributed by atoms with Crippen molar-refractivity contribution in [3.05, 3.63) is 82.0 Å². The van der Waals surface area contributed by atoms with Gasteiger partial charge in [-0.15, -0.1) is 11.3 Å². The van der Waals surface area contributed by atoms with E-state index < -0.39 is 11.9 Å². The van der Waals surface area contributed by atoms with E-state index in [1.165, 1.54) is 11.3 Å². The Morgan fingerprint density at radius 1 is 1.10 bits per heavy atom. The first-order chi connectivity index (χ1) is 19.4. The summed E-state index contributed by atoms with van der Waals surface area (Å²) >= 11 is 1.17. The highest BCUT2D eigenvalue weighted by Gasteiger charge is 2.23. The number of likely N-dealkylation sites (tertiary alicyclic amines) is 1. The number of rotatable bonds is 11. The lowest BCUT2D eigenvalue weighted by Crippen LogP contribution is -2.37. The van der Waals surface area contributed by atoms with Gasteiger partial charge >= 0.3 is 5.97 Å². The minimum atomic E-state index is -1.06. The third kappa shape index (κ3) is 6.22. The molecule has 1 fully saturated rings. The van der Waals surface area contributed by atoms with Gasteiger partial charge in [0.05, 0.1) is 6.04 Å². The lowest BCUT2D eigenvalue weighted by atomic mass is 10.0. The second-order valence-corrected chi connectivity index (χ2v) is 10.7. The van der Waals surface area contributed by atoms with Crippen LogP contribution in [-0.2, 0) is 6.42 Å². The standard InChI is InChI=1S/C29H32N6O4S/c30-12-6-9-20-21-15-19(10-11-22(21)31-25(20)28(38)39)26(36)34-29-33-24(17-40-29)27(37)32-23(16-35-13-4-5-14-35)18-7-2-1-3-8-18/h1-3,7-8,10-11,15,17,23,31H,4-6,9,12-14,16,30H2,(H,32,37)(H,38,39)(H,33,34,36). The number of nitrogens with one attached hydrogen (secondary N) is 3.